The van der Waals surface area contributed by atoms with Gasteiger partial charge in [-0.2, -0.15) is 0 Å². The molecule has 94 valence electrons. The Bertz CT molecular complexity index is 382. The summed E-state index contributed by atoms with van der Waals surface area (Å²) >= 11 is 0. The molecule has 1 rings (SSSR count). The average molecular weight is 253 g/mol. The largest absolute Gasteiger partial charge is 0.336 e. The molecule has 1 unspecified atom stereocenters. The first-order valence-corrected chi connectivity index (χ1v) is 7.75. The Morgan fingerprint density at radius 3 is 2.82 bits per heavy atom. The standard InChI is InChI=1S/C12H20N3OP/c1-5-17(4)11-10(7-6-8-13-11)15-12(16)14-9(2)3/h6-9H,5H2,1-4H3,(H2,14,15,16). The number of pyridine rings is 1. The molecule has 1 heterocycles. The fourth-order valence-electron chi connectivity index (χ4n) is 1.37. The first-order chi connectivity index (χ1) is 8.04. The molecule has 17 heavy (non-hydrogen) atoms. The lowest BCUT2D eigenvalue weighted by Crippen LogP contribution is -2.35. The summed E-state index contributed by atoms with van der Waals surface area (Å²) in [6.07, 6.45) is 2.84. The van der Waals surface area contributed by atoms with E-state index in [1.54, 1.807) is 6.20 Å². The number of nitrogens with one attached hydrogen (secondary N) is 2. The zero-order valence-electron chi connectivity index (χ0n) is 10.8. The van der Waals surface area contributed by atoms with Crippen LogP contribution in [0.4, 0.5) is 10.5 Å². The predicted octanol–water partition coefficient (Wildman–Crippen LogP) is 2.37. The van der Waals surface area contributed by atoms with E-state index in [-0.39, 0.29) is 20.0 Å². The van der Waals surface area contributed by atoms with E-state index < -0.39 is 0 Å². The molecule has 0 fully saturated rings. The highest BCUT2D eigenvalue weighted by Gasteiger charge is 2.12. The minimum atomic E-state index is -0.299. The first-order valence-electron chi connectivity index (χ1n) is 5.78. The first kappa shape index (κ1) is 13.9. The highest BCUT2D eigenvalue weighted by molar-refractivity contribution is 7.64. The van der Waals surface area contributed by atoms with Gasteiger partial charge in [-0.1, -0.05) is 14.8 Å². The second-order valence-electron chi connectivity index (χ2n) is 4.14. The number of aromatic nitrogens is 1. The van der Waals surface area contributed by atoms with E-state index in [4.69, 9.17) is 0 Å². The molecule has 0 aliphatic carbocycles. The lowest BCUT2D eigenvalue weighted by atomic mass is 10.4. The van der Waals surface area contributed by atoms with Crippen molar-refractivity contribution in [3.05, 3.63) is 18.3 Å². The Hall–Kier alpha value is -1.15. The minimum Gasteiger partial charge on any atom is -0.336 e. The van der Waals surface area contributed by atoms with Crippen LogP contribution < -0.4 is 16.1 Å². The normalized spacial score (nSPS) is 12.3. The van der Waals surface area contributed by atoms with Gasteiger partial charge in [0, 0.05) is 12.2 Å². The lowest BCUT2D eigenvalue weighted by molar-refractivity contribution is 0.250. The zero-order chi connectivity index (χ0) is 12.8. The van der Waals surface area contributed by atoms with Gasteiger partial charge < -0.3 is 10.6 Å². The maximum absolute atomic E-state index is 11.6. The molecule has 0 aliphatic heterocycles. The topological polar surface area (TPSA) is 54.0 Å². The molecule has 4 nitrogen and oxygen atoms in total. The Balaban J connectivity index is 2.80. The van der Waals surface area contributed by atoms with Gasteiger partial charge >= 0.3 is 6.03 Å². The van der Waals surface area contributed by atoms with Crippen LogP contribution in [0.15, 0.2) is 18.3 Å². The zero-order valence-corrected chi connectivity index (χ0v) is 11.7. The fraction of sp³-hybridized carbons (Fsp3) is 0.500. The SMILES string of the molecule is CCP(C)c1ncccc1NC(=O)NC(C)C. The summed E-state index contributed by atoms with van der Waals surface area (Å²) in [5.41, 5.74) is 1.82. The van der Waals surface area contributed by atoms with E-state index in [0.29, 0.717) is 0 Å². The summed E-state index contributed by atoms with van der Waals surface area (Å²) in [6, 6.07) is 3.70. The Labute approximate surface area is 104 Å². The van der Waals surface area contributed by atoms with Gasteiger partial charge in [0.15, 0.2) is 0 Å². The Morgan fingerprint density at radius 1 is 1.53 bits per heavy atom. The van der Waals surface area contributed by atoms with Crippen LogP contribution in [0.3, 0.4) is 0 Å². The fourth-order valence-corrected chi connectivity index (χ4v) is 2.47. The summed E-state index contributed by atoms with van der Waals surface area (Å²) < 4.78 is 0. The van der Waals surface area contributed by atoms with Crippen molar-refractivity contribution in [2.75, 3.05) is 18.1 Å². The Morgan fingerprint density at radius 2 is 2.24 bits per heavy atom. The van der Waals surface area contributed by atoms with E-state index in [1.165, 1.54) is 0 Å². The van der Waals surface area contributed by atoms with Crippen LogP contribution in [0.5, 0.6) is 0 Å². The van der Waals surface area contributed by atoms with Crippen molar-refractivity contribution >= 4 is 25.1 Å². The minimum absolute atomic E-state index is 0.129. The highest BCUT2D eigenvalue weighted by Crippen LogP contribution is 2.30. The van der Waals surface area contributed by atoms with Crippen molar-refractivity contribution in [2.45, 2.75) is 26.8 Å². The van der Waals surface area contributed by atoms with Gasteiger partial charge in [-0.05, 0) is 38.8 Å². The number of hydrogen-bond acceptors (Lipinski definition) is 2. The number of carbonyl (C=O) groups excluding carboxylic acids is 1. The third-order valence-electron chi connectivity index (χ3n) is 2.29. The second-order valence-corrected chi connectivity index (χ2v) is 6.59. The maximum Gasteiger partial charge on any atom is 0.319 e. The molecule has 2 amide bonds. The van der Waals surface area contributed by atoms with Gasteiger partial charge in [0.05, 0.1) is 11.1 Å². The van der Waals surface area contributed by atoms with Crippen LogP contribution in [0.2, 0.25) is 0 Å². The monoisotopic (exact) mass is 253 g/mol. The average Bonchev–Trinajstić information content (AvgIpc) is 2.27. The van der Waals surface area contributed by atoms with Gasteiger partial charge in [-0.25, -0.2) is 4.79 Å². The number of hydrogen-bond donors (Lipinski definition) is 2. The van der Waals surface area contributed by atoms with Gasteiger partial charge in [0.25, 0.3) is 0 Å². The van der Waals surface area contributed by atoms with Crippen molar-refractivity contribution < 1.29 is 4.79 Å². The van der Waals surface area contributed by atoms with Crippen LogP contribution >= 0.6 is 7.92 Å². The third-order valence-corrected chi connectivity index (χ3v) is 4.32. The summed E-state index contributed by atoms with van der Waals surface area (Å²) in [7, 11) is -0.299. The number of carbonyl (C=O) groups is 1. The molecule has 0 saturated carbocycles. The number of nitrogens with zero attached hydrogens (tertiary/aromatic N) is 1. The molecule has 1 atom stereocenters. The molecule has 0 radical (unpaired) electrons. The van der Waals surface area contributed by atoms with Crippen molar-refractivity contribution in [3.8, 4) is 0 Å². The molecular formula is C12H20N3OP. The molecule has 5 heteroatoms. The summed E-state index contributed by atoms with van der Waals surface area (Å²) in [6.45, 7) is 8.17. The quantitative estimate of drug-likeness (QED) is 0.809. The second kappa shape index (κ2) is 6.55. The number of rotatable bonds is 4. The summed E-state index contributed by atoms with van der Waals surface area (Å²) in [4.78, 5) is 16.0. The molecule has 0 saturated heterocycles. The van der Waals surface area contributed by atoms with Gasteiger partial charge in [0.1, 0.15) is 0 Å². The van der Waals surface area contributed by atoms with Crippen LogP contribution in [0.25, 0.3) is 0 Å². The molecule has 0 aromatic carbocycles. The van der Waals surface area contributed by atoms with Gasteiger partial charge in [0.2, 0.25) is 0 Å². The van der Waals surface area contributed by atoms with Crippen LogP contribution in [-0.2, 0) is 0 Å². The summed E-state index contributed by atoms with van der Waals surface area (Å²) in [5, 5.41) is 5.67. The van der Waals surface area contributed by atoms with E-state index in [2.05, 4.69) is 29.2 Å². The van der Waals surface area contributed by atoms with Gasteiger partial charge in [-0.15, -0.1) is 0 Å². The van der Waals surface area contributed by atoms with E-state index in [1.807, 2.05) is 26.0 Å². The molecule has 1 aromatic heterocycles. The van der Waals surface area contributed by atoms with Crippen molar-refractivity contribution in [2.24, 2.45) is 0 Å². The van der Waals surface area contributed by atoms with E-state index in [0.717, 1.165) is 17.3 Å². The number of amides is 2. The molecule has 0 bridgehead atoms. The number of urea groups is 1. The van der Waals surface area contributed by atoms with Crippen molar-refractivity contribution in [1.82, 2.24) is 10.3 Å². The van der Waals surface area contributed by atoms with Crippen molar-refractivity contribution in [3.63, 3.8) is 0 Å². The highest BCUT2D eigenvalue weighted by atomic mass is 31.1. The lowest BCUT2D eigenvalue weighted by Gasteiger charge is -2.15. The molecule has 1 aromatic rings. The Kier molecular flexibility index (Phi) is 5.36. The molecule has 0 aliphatic rings. The van der Waals surface area contributed by atoms with Gasteiger partial charge in [-0.3, -0.25) is 4.98 Å². The predicted molar refractivity (Wildman–Crippen MR) is 74.5 cm³/mol. The van der Waals surface area contributed by atoms with Crippen molar-refractivity contribution in [1.29, 1.82) is 0 Å². The molecular weight excluding hydrogens is 233 g/mol. The van der Waals surface area contributed by atoms with Crippen LogP contribution in [-0.4, -0.2) is 29.9 Å². The van der Waals surface area contributed by atoms with Crippen LogP contribution in [0, 0.1) is 0 Å². The smallest absolute Gasteiger partial charge is 0.319 e. The van der Waals surface area contributed by atoms with E-state index >= 15 is 0 Å². The molecule has 2 N–H and O–H groups in total. The maximum atomic E-state index is 11.6. The van der Waals surface area contributed by atoms with E-state index in [9.17, 15) is 4.79 Å². The molecule has 0 spiro atoms. The third kappa shape index (κ3) is 4.31. The van der Waals surface area contributed by atoms with Crippen LogP contribution in [0.1, 0.15) is 20.8 Å². The number of anilines is 1. The summed E-state index contributed by atoms with van der Waals surface area (Å²) in [5.74, 6) is 0.